The fraction of sp³-hybridized carbons (Fsp3) is 0.526. The minimum absolute atomic E-state index is 0.0116. The predicted octanol–water partition coefficient (Wildman–Crippen LogP) is 0.729. The fourth-order valence-electron chi connectivity index (χ4n) is 4.44. The standard InChI is InChI=1S/C19H23N5O3/c1-23-4-5-24(17(25)10-23)18-7-11-6-15(20-9-16(11)27-18)19(26)22-14-8-12-2-3-13(14)21-12/h6-7,9,12-14,21H,2-5,8,10H2,1H3,(H,22,26)/t12-,13+,14-/m1/s1. The molecule has 0 aliphatic carbocycles. The highest BCUT2D eigenvalue weighted by Gasteiger charge is 2.39. The lowest BCUT2D eigenvalue weighted by molar-refractivity contribution is -0.121. The highest BCUT2D eigenvalue weighted by atomic mass is 16.4. The third-order valence-electron chi connectivity index (χ3n) is 5.92. The van der Waals surface area contributed by atoms with E-state index in [0.717, 1.165) is 24.8 Å². The molecular weight excluding hydrogens is 346 g/mol. The Morgan fingerprint density at radius 3 is 2.96 bits per heavy atom. The van der Waals surface area contributed by atoms with Gasteiger partial charge in [-0.05, 0) is 32.4 Å². The van der Waals surface area contributed by atoms with Crippen LogP contribution < -0.4 is 15.5 Å². The van der Waals surface area contributed by atoms with Gasteiger partial charge < -0.3 is 15.1 Å². The Kier molecular flexibility index (Phi) is 3.91. The normalized spacial score (nSPS) is 28.3. The molecule has 0 radical (unpaired) electrons. The van der Waals surface area contributed by atoms with Crippen molar-refractivity contribution >= 4 is 28.7 Å². The van der Waals surface area contributed by atoms with Gasteiger partial charge in [-0.1, -0.05) is 0 Å². The number of nitrogens with zero attached hydrogens (tertiary/aromatic N) is 3. The third kappa shape index (κ3) is 2.98. The number of fused-ring (bicyclic) bond motifs is 3. The summed E-state index contributed by atoms with van der Waals surface area (Å²) in [6, 6.07) is 4.64. The molecule has 0 spiro atoms. The van der Waals surface area contributed by atoms with Gasteiger partial charge in [0.15, 0.2) is 5.58 Å². The average Bonchev–Trinajstić information content (AvgIpc) is 3.35. The summed E-state index contributed by atoms with van der Waals surface area (Å²) in [6.07, 6.45) is 4.86. The summed E-state index contributed by atoms with van der Waals surface area (Å²) >= 11 is 0. The second kappa shape index (κ2) is 6.31. The van der Waals surface area contributed by atoms with Crippen molar-refractivity contribution in [2.45, 2.75) is 37.4 Å². The zero-order valence-corrected chi connectivity index (χ0v) is 15.3. The van der Waals surface area contributed by atoms with Crippen molar-refractivity contribution in [2.24, 2.45) is 0 Å². The van der Waals surface area contributed by atoms with Crippen molar-refractivity contribution in [3.8, 4) is 0 Å². The number of rotatable bonds is 3. The topological polar surface area (TPSA) is 90.7 Å². The highest BCUT2D eigenvalue weighted by molar-refractivity contribution is 5.98. The van der Waals surface area contributed by atoms with Crippen LogP contribution in [0.15, 0.2) is 22.7 Å². The number of hydrogen-bond acceptors (Lipinski definition) is 6. The molecule has 2 bridgehead atoms. The lowest BCUT2D eigenvalue weighted by Crippen LogP contribution is -2.48. The van der Waals surface area contributed by atoms with Gasteiger partial charge in [0, 0.05) is 42.7 Å². The van der Waals surface area contributed by atoms with Crippen LogP contribution in [-0.4, -0.2) is 66.5 Å². The molecule has 3 atom stereocenters. The molecule has 2 N–H and O–H groups in total. The summed E-state index contributed by atoms with van der Waals surface area (Å²) < 4.78 is 5.80. The van der Waals surface area contributed by atoms with Gasteiger partial charge in [0.25, 0.3) is 5.91 Å². The highest BCUT2D eigenvalue weighted by Crippen LogP contribution is 2.29. The second-order valence-electron chi connectivity index (χ2n) is 7.84. The van der Waals surface area contributed by atoms with Crippen LogP contribution in [0.4, 0.5) is 5.88 Å². The van der Waals surface area contributed by atoms with E-state index in [-0.39, 0.29) is 17.9 Å². The molecule has 5 rings (SSSR count). The quantitative estimate of drug-likeness (QED) is 0.829. The van der Waals surface area contributed by atoms with Crippen molar-refractivity contribution in [3.05, 3.63) is 24.0 Å². The number of aromatic nitrogens is 1. The molecule has 142 valence electrons. The number of furan rings is 1. The van der Waals surface area contributed by atoms with E-state index >= 15 is 0 Å². The summed E-state index contributed by atoms with van der Waals surface area (Å²) in [5.74, 6) is 0.368. The lowest BCUT2D eigenvalue weighted by atomic mass is 9.95. The van der Waals surface area contributed by atoms with Crippen molar-refractivity contribution in [1.82, 2.24) is 20.5 Å². The number of carbonyl (C=O) groups excluding carboxylic acids is 2. The van der Waals surface area contributed by atoms with Crippen LogP contribution in [0.2, 0.25) is 0 Å². The Morgan fingerprint density at radius 2 is 2.22 bits per heavy atom. The number of hydrogen-bond donors (Lipinski definition) is 2. The van der Waals surface area contributed by atoms with Gasteiger partial charge in [-0.25, -0.2) is 4.98 Å². The number of pyridine rings is 1. The number of piperazine rings is 1. The monoisotopic (exact) mass is 369 g/mol. The first kappa shape index (κ1) is 16.7. The van der Waals surface area contributed by atoms with Gasteiger partial charge in [-0.3, -0.25) is 19.4 Å². The van der Waals surface area contributed by atoms with Gasteiger partial charge >= 0.3 is 0 Å². The van der Waals surface area contributed by atoms with Crippen LogP contribution in [0, 0.1) is 0 Å². The summed E-state index contributed by atoms with van der Waals surface area (Å²) in [5.41, 5.74) is 0.956. The number of carbonyl (C=O) groups is 2. The zero-order valence-electron chi connectivity index (χ0n) is 15.3. The van der Waals surface area contributed by atoms with Crippen molar-refractivity contribution in [1.29, 1.82) is 0 Å². The number of amides is 2. The molecule has 3 aliphatic rings. The predicted molar refractivity (Wildman–Crippen MR) is 99.7 cm³/mol. The molecule has 0 unspecified atom stereocenters. The molecule has 2 aromatic rings. The molecule has 0 saturated carbocycles. The molecule has 3 aliphatic heterocycles. The van der Waals surface area contributed by atoms with Crippen LogP contribution in [0.3, 0.4) is 0 Å². The van der Waals surface area contributed by atoms with Gasteiger partial charge in [0.2, 0.25) is 11.8 Å². The molecule has 8 heteroatoms. The Bertz CT molecular complexity index is 910. The van der Waals surface area contributed by atoms with Crippen molar-refractivity contribution in [3.63, 3.8) is 0 Å². The number of nitrogens with one attached hydrogen (secondary N) is 2. The van der Waals surface area contributed by atoms with E-state index in [1.54, 1.807) is 17.2 Å². The first-order valence-corrected chi connectivity index (χ1v) is 9.52. The SMILES string of the molecule is CN1CCN(c2cc3cc(C(=O)N[C@@H]4C[C@H]5CC[C@@H]4N5)ncc3o2)C(=O)C1. The van der Waals surface area contributed by atoms with Gasteiger partial charge in [-0.15, -0.1) is 0 Å². The lowest BCUT2D eigenvalue weighted by Gasteiger charge is -2.30. The Morgan fingerprint density at radius 1 is 1.33 bits per heavy atom. The Hall–Kier alpha value is -2.45. The van der Waals surface area contributed by atoms with Crippen LogP contribution in [-0.2, 0) is 4.79 Å². The van der Waals surface area contributed by atoms with E-state index in [2.05, 4.69) is 15.6 Å². The number of anilines is 1. The second-order valence-corrected chi connectivity index (χ2v) is 7.84. The number of likely N-dealkylation sites (N-methyl/N-ethyl adjacent to an activating group) is 1. The van der Waals surface area contributed by atoms with E-state index in [1.807, 2.05) is 18.0 Å². The molecule has 3 saturated heterocycles. The van der Waals surface area contributed by atoms with Gasteiger partial charge in [-0.2, -0.15) is 0 Å². The third-order valence-corrected chi connectivity index (χ3v) is 5.92. The van der Waals surface area contributed by atoms with Crippen LogP contribution in [0.1, 0.15) is 29.8 Å². The van der Waals surface area contributed by atoms with Crippen molar-refractivity contribution in [2.75, 3.05) is 31.6 Å². The van der Waals surface area contributed by atoms with E-state index < -0.39 is 0 Å². The minimum Gasteiger partial charge on any atom is -0.438 e. The van der Waals surface area contributed by atoms with Crippen LogP contribution >= 0.6 is 0 Å². The zero-order chi connectivity index (χ0) is 18.5. The van der Waals surface area contributed by atoms with Gasteiger partial charge in [0.1, 0.15) is 5.69 Å². The van der Waals surface area contributed by atoms with E-state index in [4.69, 9.17) is 4.42 Å². The Balaban J connectivity index is 1.34. The maximum atomic E-state index is 12.6. The van der Waals surface area contributed by atoms with E-state index in [1.165, 1.54) is 6.42 Å². The maximum absolute atomic E-state index is 12.6. The Labute approximate surface area is 156 Å². The summed E-state index contributed by atoms with van der Waals surface area (Å²) in [5, 5.41) is 7.41. The smallest absolute Gasteiger partial charge is 0.270 e. The largest absolute Gasteiger partial charge is 0.438 e. The molecular formula is C19H23N5O3. The van der Waals surface area contributed by atoms with E-state index in [9.17, 15) is 9.59 Å². The minimum atomic E-state index is -0.158. The molecule has 8 nitrogen and oxygen atoms in total. The molecule has 2 amide bonds. The van der Waals surface area contributed by atoms with Crippen LogP contribution in [0.5, 0.6) is 0 Å². The van der Waals surface area contributed by atoms with E-state index in [0.29, 0.717) is 42.3 Å². The van der Waals surface area contributed by atoms with Crippen LogP contribution in [0.25, 0.3) is 11.0 Å². The van der Waals surface area contributed by atoms with Gasteiger partial charge in [0.05, 0.1) is 12.7 Å². The summed E-state index contributed by atoms with van der Waals surface area (Å²) in [4.78, 5) is 32.8. The molecule has 27 heavy (non-hydrogen) atoms. The molecule has 5 heterocycles. The fourth-order valence-corrected chi connectivity index (χ4v) is 4.44. The summed E-state index contributed by atoms with van der Waals surface area (Å²) in [6.45, 7) is 1.76. The summed E-state index contributed by atoms with van der Waals surface area (Å²) in [7, 11) is 1.92. The first-order valence-electron chi connectivity index (χ1n) is 9.52. The average molecular weight is 369 g/mol. The first-order chi connectivity index (χ1) is 13.1. The molecule has 2 aromatic heterocycles. The van der Waals surface area contributed by atoms with Crippen molar-refractivity contribution < 1.29 is 14.0 Å². The molecule has 0 aromatic carbocycles. The maximum Gasteiger partial charge on any atom is 0.270 e. The molecule has 3 fully saturated rings.